The maximum Gasteiger partial charge on any atom is 0.323 e. The number of anilines is 3. The lowest BCUT2D eigenvalue weighted by Crippen LogP contribution is -2.36. The number of benzene rings is 2. The first-order valence-electron chi connectivity index (χ1n) is 11.4. The van der Waals surface area contributed by atoms with Crippen molar-refractivity contribution in [2.45, 2.75) is 13.5 Å². The van der Waals surface area contributed by atoms with E-state index >= 15 is 0 Å². The average Bonchev–Trinajstić information content (AvgIpc) is 3.23. The van der Waals surface area contributed by atoms with Crippen LogP contribution in [0.15, 0.2) is 48.8 Å². The molecule has 1 saturated heterocycles. The molecule has 9 nitrogen and oxygen atoms in total. The number of amides is 2. The second kappa shape index (κ2) is 10.1. The number of fused-ring (bicyclic) bond motifs is 1. The smallest absolute Gasteiger partial charge is 0.323 e. The Labute approximate surface area is 212 Å². The summed E-state index contributed by atoms with van der Waals surface area (Å²) in [7, 11) is 0. The summed E-state index contributed by atoms with van der Waals surface area (Å²) in [6.07, 6.45) is 1.44. The standard InChI is InChI=1S/C25H25ClFN7O2/c1-15-2-4-20(27)22(10-15)32-25(35)31-21-5-3-16(11-19(21)26)18-12-17(13-33-6-8-36-9-7-33)34-23(18)24(28)29-14-30-34/h2-5,10-12,14H,6-9,13H2,1H3,(H2,28,29,30)(H2,31,32,35). The summed E-state index contributed by atoms with van der Waals surface area (Å²) in [4.78, 5) is 18.9. The van der Waals surface area contributed by atoms with Crippen molar-refractivity contribution in [1.29, 1.82) is 0 Å². The maximum atomic E-state index is 14.0. The zero-order valence-electron chi connectivity index (χ0n) is 19.6. The van der Waals surface area contributed by atoms with Gasteiger partial charge in [0.2, 0.25) is 0 Å². The molecule has 1 aliphatic heterocycles. The van der Waals surface area contributed by atoms with Crippen LogP contribution in [0.3, 0.4) is 0 Å². The molecule has 0 saturated carbocycles. The first-order chi connectivity index (χ1) is 17.4. The lowest BCUT2D eigenvalue weighted by atomic mass is 10.1. The fourth-order valence-electron chi connectivity index (χ4n) is 4.25. The average molecular weight is 510 g/mol. The Bertz CT molecular complexity index is 1440. The van der Waals surface area contributed by atoms with Gasteiger partial charge in [0.25, 0.3) is 0 Å². The molecule has 0 spiro atoms. The van der Waals surface area contributed by atoms with Gasteiger partial charge >= 0.3 is 6.03 Å². The minimum Gasteiger partial charge on any atom is -0.382 e. The fraction of sp³-hybridized carbons (Fsp3) is 0.240. The molecule has 4 aromatic rings. The van der Waals surface area contributed by atoms with E-state index in [9.17, 15) is 9.18 Å². The third-order valence-electron chi connectivity index (χ3n) is 6.04. The number of nitrogens with zero attached hydrogens (tertiary/aromatic N) is 4. The van der Waals surface area contributed by atoms with Crippen LogP contribution in [-0.2, 0) is 11.3 Å². The lowest BCUT2D eigenvalue weighted by molar-refractivity contribution is 0.0334. The van der Waals surface area contributed by atoms with Gasteiger partial charge in [0.15, 0.2) is 5.82 Å². The summed E-state index contributed by atoms with van der Waals surface area (Å²) in [6.45, 7) is 5.56. The Balaban J connectivity index is 1.41. The molecule has 2 amide bonds. The summed E-state index contributed by atoms with van der Waals surface area (Å²) >= 11 is 6.53. The molecular weight excluding hydrogens is 485 g/mol. The van der Waals surface area contributed by atoms with Crippen LogP contribution in [0.2, 0.25) is 5.02 Å². The molecule has 3 heterocycles. The zero-order valence-corrected chi connectivity index (χ0v) is 20.3. The molecule has 1 aliphatic rings. The van der Waals surface area contributed by atoms with Crippen molar-refractivity contribution in [3.63, 3.8) is 0 Å². The molecule has 0 radical (unpaired) electrons. The molecule has 0 atom stereocenters. The minimum atomic E-state index is -0.603. The van der Waals surface area contributed by atoms with Gasteiger partial charge in [-0.05, 0) is 48.4 Å². The maximum absolute atomic E-state index is 14.0. The van der Waals surface area contributed by atoms with Gasteiger partial charge in [-0.1, -0.05) is 23.7 Å². The summed E-state index contributed by atoms with van der Waals surface area (Å²) < 4.78 is 21.3. The Hall–Kier alpha value is -3.73. The fourth-order valence-corrected chi connectivity index (χ4v) is 4.48. The number of nitrogens with one attached hydrogen (secondary N) is 2. The minimum absolute atomic E-state index is 0.0868. The van der Waals surface area contributed by atoms with Crippen molar-refractivity contribution >= 4 is 40.3 Å². The zero-order chi connectivity index (χ0) is 25.2. The molecule has 2 aromatic carbocycles. The highest BCUT2D eigenvalue weighted by Gasteiger charge is 2.19. The van der Waals surface area contributed by atoms with E-state index in [0.717, 1.165) is 35.5 Å². The number of nitrogen functional groups attached to an aromatic ring is 1. The highest BCUT2D eigenvalue weighted by Crippen LogP contribution is 2.34. The van der Waals surface area contributed by atoms with Crippen molar-refractivity contribution < 1.29 is 13.9 Å². The van der Waals surface area contributed by atoms with Crippen LogP contribution < -0.4 is 16.4 Å². The number of hydrogen-bond acceptors (Lipinski definition) is 6. The van der Waals surface area contributed by atoms with Gasteiger partial charge in [0.05, 0.1) is 35.3 Å². The first kappa shape index (κ1) is 24.0. The van der Waals surface area contributed by atoms with Crippen LogP contribution in [0, 0.1) is 12.7 Å². The molecular formula is C25H25ClFN7O2. The number of halogens is 2. The number of morpholine rings is 1. The summed E-state index contributed by atoms with van der Waals surface area (Å²) in [5, 5.41) is 9.92. The quantitative estimate of drug-likeness (QED) is 0.364. The number of aryl methyl sites for hydroxylation is 1. The van der Waals surface area contributed by atoms with E-state index in [-0.39, 0.29) is 5.69 Å². The molecule has 4 N–H and O–H groups in total. The second-order valence-corrected chi connectivity index (χ2v) is 9.01. The lowest BCUT2D eigenvalue weighted by Gasteiger charge is -2.26. The highest BCUT2D eigenvalue weighted by molar-refractivity contribution is 6.34. The van der Waals surface area contributed by atoms with Gasteiger partial charge < -0.3 is 21.1 Å². The summed E-state index contributed by atoms with van der Waals surface area (Å²) in [5.41, 5.74) is 10.8. The molecule has 0 aliphatic carbocycles. The number of nitrogens with two attached hydrogens (primary N) is 1. The van der Waals surface area contributed by atoms with E-state index < -0.39 is 11.8 Å². The Morgan fingerprint density at radius 3 is 2.69 bits per heavy atom. The molecule has 0 unspecified atom stereocenters. The molecule has 0 bridgehead atoms. The Morgan fingerprint density at radius 2 is 1.92 bits per heavy atom. The van der Waals surface area contributed by atoms with Crippen molar-refractivity contribution in [1.82, 2.24) is 19.5 Å². The van der Waals surface area contributed by atoms with Crippen molar-refractivity contribution in [2.75, 3.05) is 42.7 Å². The number of rotatable bonds is 5. The van der Waals surface area contributed by atoms with Crippen molar-refractivity contribution in [2.24, 2.45) is 0 Å². The number of carbonyl (C=O) groups excluding carboxylic acids is 1. The number of hydrogen-bond donors (Lipinski definition) is 3. The van der Waals surface area contributed by atoms with Crippen LogP contribution in [0.25, 0.3) is 16.6 Å². The second-order valence-electron chi connectivity index (χ2n) is 8.60. The molecule has 36 heavy (non-hydrogen) atoms. The number of carbonyl (C=O) groups is 1. The highest BCUT2D eigenvalue weighted by atomic mass is 35.5. The van der Waals surface area contributed by atoms with Crippen LogP contribution in [0.5, 0.6) is 0 Å². The number of ether oxygens (including phenoxy) is 1. The van der Waals surface area contributed by atoms with Crippen LogP contribution in [-0.4, -0.2) is 51.8 Å². The summed E-state index contributed by atoms with van der Waals surface area (Å²) in [5.74, 6) is -0.170. The van der Waals surface area contributed by atoms with Crippen molar-refractivity contribution in [3.05, 3.63) is 70.9 Å². The Morgan fingerprint density at radius 1 is 1.14 bits per heavy atom. The number of aromatic nitrogens is 3. The van der Waals surface area contributed by atoms with E-state index in [1.54, 1.807) is 28.8 Å². The van der Waals surface area contributed by atoms with E-state index in [0.29, 0.717) is 41.8 Å². The predicted molar refractivity (Wildman–Crippen MR) is 138 cm³/mol. The topological polar surface area (TPSA) is 110 Å². The van der Waals surface area contributed by atoms with Crippen molar-refractivity contribution in [3.8, 4) is 11.1 Å². The first-order valence-corrected chi connectivity index (χ1v) is 11.8. The van der Waals surface area contributed by atoms with Gasteiger partial charge in [-0.15, -0.1) is 0 Å². The van der Waals surface area contributed by atoms with Gasteiger partial charge in [-0.25, -0.2) is 18.7 Å². The molecule has 11 heteroatoms. The monoisotopic (exact) mass is 509 g/mol. The SMILES string of the molecule is Cc1ccc(F)c(NC(=O)Nc2ccc(-c3cc(CN4CCOCC4)n4ncnc(N)c34)cc2Cl)c1. The number of urea groups is 1. The van der Waals surface area contributed by atoms with E-state index in [2.05, 4.69) is 25.6 Å². The van der Waals surface area contributed by atoms with E-state index in [4.69, 9.17) is 22.1 Å². The van der Waals surface area contributed by atoms with E-state index in [1.807, 2.05) is 19.1 Å². The molecule has 1 fully saturated rings. The Kier molecular flexibility index (Phi) is 6.73. The largest absolute Gasteiger partial charge is 0.382 e. The van der Waals surface area contributed by atoms with Crippen LogP contribution >= 0.6 is 11.6 Å². The van der Waals surface area contributed by atoms with Crippen LogP contribution in [0.1, 0.15) is 11.3 Å². The van der Waals surface area contributed by atoms with Gasteiger partial charge in [-0.3, -0.25) is 4.90 Å². The molecule has 5 rings (SSSR count). The van der Waals surface area contributed by atoms with Crippen LogP contribution in [0.4, 0.5) is 26.4 Å². The predicted octanol–water partition coefficient (Wildman–Crippen LogP) is 4.56. The van der Waals surface area contributed by atoms with Gasteiger partial charge in [0, 0.05) is 25.2 Å². The molecule has 2 aromatic heterocycles. The summed E-state index contributed by atoms with van der Waals surface area (Å²) in [6, 6.07) is 11.2. The molecule has 186 valence electrons. The third-order valence-corrected chi connectivity index (χ3v) is 6.36. The van der Waals surface area contributed by atoms with Gasteiger partial charge in [0.1, 0.15) is 17.7 Å². The third kappa shape index (κ3) is 4.97. The van der Waals surface area contributed by atoms with E-state index in [1.165, 1.54) is 12.4 Å². The van der Waals surface area contributed by atoms with Gasteiger partial charge in [-0.2, -0.15) is 5.10 Å². The normalized spacial score (nSPS) is 14.2.